The highest BCUT2D eigenvalue weighted by Crippen LogP contribution is 1.93. The van der Waals surface area contributed by atoms with Gasteiger partial charge in [0, 0.05) is 0 Å². The second-order valence-corrected chi connectivity index (χ2v) is 4.79. The van der Waals surface area contributed by atoms with Crippen molar-refractivity contribution in [1.82, 2.24) is 16.0 Å². The summed E-state index contributed by atoms with van der Waals surface area (Å²) >= 11 is 0. The quantitative estimate of drug-likeness (QED) is 0.205. The Labute approximate surface area is 136 Å². The van der Waals surface area contributed by atoms with Crippen LogP contribution in [0.3, 0.4) is 0 Å². The maximum absolute atomic E-state index is 11.9. The van der Waals surface area contributed by atoms with Gasteiger partial charge in [-0.2, -0.15) is 0 Å². The monoisotopic (exact) mass is 348 g/mol. The summed E-state index contributed by atoms with van der Waals surface area (Å²) in [6.45, 7) is -0.189. The first-order chi connectivity index (χ1) is 11.1. The first-order valence-electron chi connectivity index (χ1n) is 6.77. The van der Waals surface area contributed by atoms with E-state index >= 15 is 0 Å². The lowest BCUT2D eigenvalue weighted by Crippen LogP contribution is -2.56. The third-order valence-electron chi connectivity index (χ3n) is 2.71. The minimum atomic E-state index is -1.45. The highest BCUT2D eigenvalue weighted by molar-refractivity contribution is 5.94. The van der Waals surface area contributed by atoms with Crippen molar-refractivity contribution in [3.8, 4) is 0 Å². The maximum Gasteiger partial charge on any atom is 0.322 e. The molecule has 0 rings (SSSR count). The first kappa shape index (κ1) is 21.3. The van der Waals surface area contributed by atoms with Gasteiger partial charge in [0.1, 0.15) is 18.6 Å². The second-order valence-electron chi connectivity index (χ2n) is 4.79. The van der Waals surface area contributed by atoms with E-state index in [-0.39, 0.29) is 0 Å². The minimum absolute atomic E-state index is 0.636. The largest absolute Gasteiger partial charge is 0.481 e. The van der Waals surface area contributed by atoms with E-state index in [9.17, 15) is 24.0 Å². The number of carbonyl (C=O) groups excluding carboxylic acids is 3. The van der Waals surface area contributed by atoms with Gasteiger partial charge in [-0.15, -0.1) is 0 Å². The fraction of sp³-hybridized carbons (Fsp3) is 0.583. The zero-order valence-corrected chi connectivity index (χ0v) is 12.8. The number of carboxylic acids is 2. The van der Waals surface area contributed by atoms with Gasteiger partial charge in [0.15, 0.2) is 0 Å². The van der Waals surface area contributed by atoms with Gasteiger partial charge in [-0.1, -0.05) is 0 Å². The standard InChI is InChI=1S/C12H20N4O8/c1-5(10(22)14-3-9(20)21)15-12(24)7(4-17)16-11(23)6(13)2-8(18)19/h5-7,17H,2-4,13H2,1H3,(H,14,22)(H,15,24)(H,16,23)(H,18,19)(H,20,21). The van der Waals surface area contributed by atoms with Crippen molar-refractivity contribution in [1.29, 1.82) is 0 Å². The number of rotatable bonds is 10. The molecule has 0 heterocycles. The topological polar surface area (TPSA) is 208 Å². The molecule has 12 nitrogen and oxygen atoms in total. The Bertz CT molecular complexity index is 509. The molecule has 3 amide bonds. The Kier molecular flexibility index (Phi) is 8.97. The normalized spacial score (nSPS) is 14.0. The van der Waals surface area contributed by atoms with E-state index in [1.165, 1.54) is 6.92 Å². The van der Waals surface area contributed by atoms with Gasteiger partial charge in [0.05, 0.1) is 19.1 Å². The van der Waals surface area contributed by atoms with Crippen LogP contribution in [-0.2, 0) is 24.0 Å². The fourth-order valence-electron chi connectivity index (χ4n) is 1.45. The number of aliphatic hydroxyl groups is 1. The number of hydrogen-bond donors (Lipinski definition) is 7. The van der Waals surface area contributed by atoms with Crippen molar-refractivity contribution >= 4 is 29.7 Å². The summed E-state index contributed by atoms with van der Waals surface area (Å²) in [5.41, 5.74) is 5.31. The van der Waals surface area contributed by atoms with Crippen molar-refractivity contribution in [2.24, 2.45) is 5.73 Å². The number of carbonyl (C=O) groups is 5. The molecular formula is C12H20N4O8. The predicted octanol–water partition coefficient (Wildman–Crippen LogP) is -4.03. The van der Waals surface area contributed by atoms with Gasteiger partial charge in [-0.3, -0.25) is 24.0 Å². The number of nitrogens with one attached hydrogen (secondary N) is 3. The van der Waals surface area contributed by atoms with Crippen molar-refractivity contribution < 1.29 is 39.3 Å². The van der Waals surface area contributed by atoms with E-state index in [4.69, 9.17) is 21.1 Å². The van der Waals surface area contributed by atoms with E-state index in [0.717, 1.165) is 0 Å². The summed E-state index contributed by atoms with van der Waals surface area (Å²) < 4.78 is 0. The minimum Gasteiger partial charge on any atom is -0.481 e. The summed E-state index contributed by atoms with van der Waals surface area (Å²) in [4.78, 5) is 55.8. The Morgan fingerprint density at radius 3 is 2.00 bits per heavy atom. The van der Waals surface area contributed by atoms with Crippen LogP contribution >= 0.6 is 0 Å². The van der Waals surface area contributed by atoms with Crippen LogP contribution in [0.4, 0.5) is 0 Å². The van der Waals surface area contributed by atoms with Crippen LogP contribution in [0, 0.1) is 0 Å². The SMILES string of the molecule is CC(NC(=O)C(CO)NC(=O)C(N)CC(=O)O)C(=O)NCC(=O)O. The molecule has 0 aromatic heterocycles. The lowest BCUT2D eigenvalue weighted by atomic mass is 10.2. The molecule has 3 unspecified atom stereocenters. The number of amides is 3. The molecule has 0 aliphatic heterocycles. The fourth-order valence-corrected chi connectivity index (χ4v) is 1.45. The molecular weight excluding hydrogens is 328 g/mol. The zero-order chi connectivity index (χ0) is 18.9. The van der Waals surface area contributed by atoms with E-state index in [1.807, 2.05) is 5.32 Å². The molecule has 24 heavy (non-hydrogen) atoms. The maximum atomic E-state index is 11.9. The average Bonchev–Trinajstić information content (AvgIpc) is 2.48. The number of hydrogen-bond acceptors (Lipinski definition) is 7. The molecule has 12 heteroatoms. The molecule has 0 saturated heterocycles. The molecule has 0 aliphatic carbocycles. The number of nitrogens with two attached hydrogens (primary N) is 1. The molecule has 136 valence electrons. The molecule has 3 atom stereocenters. The van der Waals surface area contributed by atoms with E-state index < -0.39 is 67.4 Å². The van der Waals surface area contributed by atoms with Crippen molar-refractivity contribution in [3.63, 3.8) is 0 Å². The van der Waals surface area contributed by atoms with Crippen LogP contribution in [0.1, 0.15) is 13.3 Å². The van der Waals surface area contributed by atoms with Crippen LogP contribution in [0.15, 0.2) is 0 Å². The number of aliphatic carboxylic acids is 2. The molecule has 0 fully saturated rings. The lowest BCUT2D eigenvalue weighted by molar-refractivity contribution is -0.140. The van der Waals surface area contributed by atoms with Crippen LogP contribution < -0.4 is 21.7 Å². The number of aliphatic hydroxyl groups excluding tert-OH is 1. The van der Waals surface area contributed by atoms with Crippen LogP contribution in [0.2, 0.25) is 0 Å². The molecule has 0 aromatic rings. The second kappa shape index (κ2) is 10.1. The molecule has 0 saturated carbocycles. The van der Waals surface area contributed by atoms with E-state index in [2.05, 4.69) is 10.6 Å². The molecule has 0 bridgehead atoms. The highest BCUT2D eigenvalue weighted by Gasteiger charge is 2.26. The number of carboxylic acid groups (broad SMARTS) is 2. The van der Waals surface area contributed by atoms with Crippen molar-refractivity contribution in [3.05, 3.63) is 0 Å². The Hall–Kier alpha value is -2.73. The van der Waals surface area contributed by atoms with Crippen molar-refractivity contribution in [2.75, 3.05) is 13.2 Å². The average molecular weight is 348 g/mol. The van der Waals surface area contributed by atoms with Gasteiger partial charge in [0.2, 0.25) is 17.7 Å². The predicted molar refractivity (Wildman–Crippen MR) is 77.5 cm³/mol. The smallest absolute Gasteiger partial charge is 0.322 e. The van der Waals surface area contributed by atoms with Gasteiger partial charge in [-0.25, -0.2) is 0 Å². The van der Waals surface area contributed by atoms with Gasteiger partial charge < -0.3 is 37.0 Å². The molecule has 0 spiro atoms. The molecule has 0 aliphatic rings. The van der Waals surface area contributed by atoms with Gasteiger partial charge in [0.25, 0.3) is 0 Å². The summed E-state index contributed by atoms with van der Waals surface area (Å²) in [5.74, 6) is -5.25. The molecule has 8 N–H and O–H groups in total. The van der Waals surface area contributed by atoms with E-state index in [0.29, 0.717) is 0 Å². The highest BCUT2D eigenvalue weighted by atomic mass is 16.4. The summed E-state index contributed by atoms with van der Waals surface area (Å²) in [5, 5.41) is 32.3. The summed E-state index contributed by atoms with van der Waals surface area (Å²) in [6.07, 6.45) is -0.667. The summed E-state index contributed by atoms with van der Waals surface area (Å²) in [6, 6.07) is -4.00. The van der Waals surface area contributed by atoms with Crippen LogP contribution in [0.25, 0.3) is 0 Å². The molecule has 0 radical (unpaired) electrons. The third-order valence-corrected chi connectivity index (χ3v) is 2.71. The van der Waals surface area contributed by atoms with E-state index in [1.54, 1.807) is 0 Å². The summed E-state index contributed by atoms with van der Waals surface area (Å²) in [7, 11) is 0. The van der Waals surface area contributed by atoms with Crippen LogP contribution in [0.5, 0.6) is 0 Å². The van der Waals surface area contributed by atoms with Crippen LogP contribution in [-0.4, -0.2) is 76.3 Å². The first-order valence-corrected chi connectivity index (χ1v) is 6.77. The molecule has 0 aromatic carbocycles. The van der Waals surface area contributed by atoms with Gasteiger partial charge >= 0.3 is 11.9 Å². The Morgan fingerprint density at radius 1 is 0.958 bits per heavy atom. The zero-order valence-electron chi connectivity index (χ0n) is 12.8. The van der Waals surface area contributed by atoms with Crippen molar-refractivity contribution in [2.45, 2.75) is 31.5 Å². The lowest BCUT2D eigenvalue weighted by Gasteiger charge is -2.20. The Balaban J connectivity index is 4.58. The van der Waals surface area contributed by atoms with Gasteiger partial charge in [-0.05, 0) is 6.92 Å². The third kappa shape index (κ3) is 8.05. The Morgan fingerprint density at radius 2 is 1.54 bits per heavy atom.